The van der Waals surface area contributed by atoms with E-state index in [1.807, 2.05) is 44.2 Å². The number of benzene rings is 1. The zero-order valence-electron chi connectivity index (χ0n) is 11.2. The molecule has 100 valence electrons. The molecule has 0 aliphatic heterocycles. The summed E-state index contributed by atoms with van der Waals surface area (Å²) in [4.78, 5) is 4.27. The van der Waals surface area contributed by atoms with Crippen molar-refractivity contribution in [3.8, 4) is 17.4 Å². The molecule has 2 aromatic rings. The van der Waals surface area contributed by atoms with Gasteiger partial charge in [-0.15, -0.1) is 0 Å². The SMILES string of the molecule is CCOc1ccc(Oc2ncc(CN)cc2C)cc1. The van der Waals surface area contributed by atoms with Gasteiger partial charge in [-0.05, 0) is 49.7 Å². The van der Waals surface area contributed by atoms with E-state index in [1.165, 1.54) is 0 Å². The normalized spacial score (nSPS) is 10.3. The monoisotopic (exact) mass is 258 g/mol. The number of hydrogen-bond acceptors (Lipinski definition) is 4. The van der Waals surface area contributed by atoms with Gasteiger partial charge in [-0.2, -0.15) is 0 Å². The molecule has 0 aliphatic carbocycles. The first-order valence-corrected chi connectivity index (χ1v) is 6.29. The van der Waals surface area contributed by atoms with E-state index in [4.69, 9.17) is 15.2 Å². The van der Waals surface area contributed by atoms with Crippen molar-refractivity contribution in [2.45, 2.75) is 20.4 Å². The third-order valence-corrected chi connectivity index (χ3v) is 2.67. The molecule has 1 heterocycles. The number of hydrogen-bond donors (Lipinski definition) is 1. The summed E-state index contributed by atoms with van der Waals surface area (Å²) in [6, 6.07) is 9.47. The maximum atomic E-state index is 5.73. The molecule has 0 unspecified atom stereocenters. The summed E-state index contributed by atoms with van der Waals surface area (Å²) in [5.41, 5.74) is 7.54. The van der Waals surface area contributed by atoms with Crippen LogP contribution in [0, 0.1) is 6.92 Å². The summed E-state index contributed by atoms with van der Waals surface area (Å²) in [7, 11) is 0. The molecule has 2 rings (SSSR count). The van der Waals surface area contributed by atoms with Crippen molar-refractivity contribution in [3.63, 3.8) is 0 Å². The van der Waals surface area contributed by atoms with Crippen molar-refractivity contribution in [3.05, 3.63) is 47.7 Å². The Balaban J connectivity index is 2.12. The number of nitrogens with zero attached hydrogens (tertiary/aromatic N) is 1. The summed E-state index contributed by atoms with van der Waals surface area (Å²) in [6.07, 6.45) is 1.73. The first-order valence-electron chi connectivity index (χ1n) is 6.29. The highest BCUT2D eigenvalue weighted by Gasteiger charge is 2.04. The molecule has 0 bridgehead atoms. The van der Waals surface area contributed by atoms with E-state index >= 15 is 0 Å². The minimum atomic E-state index is 0.483. The fourth-order valence-electron chi connectivity index (χ4n) is 1.72. The van der Waals surface area contributed by atoms with Gasteiger partial charge in [0.1, 0.15) is 11.5 Å². The van der Waals surface area contributed by atoms with Gasteiger partial charge in [-0.3, -0.25) is 0 Å². The molecule has 0 radical (unpaired) electrons. The second-order valence-corrected chi connectivity index (χ2v) is 4.18. The van der Waals surface area contributed by atoms with E-state index in [1.54, 1.807) is 6.20 Å². The van der Waals surface area contributed by atoms with E-state index in [-0.39, 0.29) is 0 Å². The van der Waals surface area contributed by atoms with Gasteiger partial charge in [0.05, 0.1) is 6.61 Å². The Morgan fingerprint density at radius 3 is 2.42 bits per heavy atom. The van der Waals surface area contributed by atoms with Crippen molar-refractivity contribution >= 4 is 0 Å². The van der Waals surface area contributed by atoms with Crippen molar-refractivity contribution in [1.82, 2.24) is 4.98 Å². The minimum absolute atomic E-state index is 0.483. The fraction of sp³-hybridized carbons (Fsp3) is 0.267. The van der Waals surface area contributed by atoms with E-state index in [0.29, 0.717) is 19.0 Å². The van der Waals surface area contributed by atoms with Crippen molar-refractivity contribution < 1.29 is 9.47 Å². The number of aromatic nitrogens is 1. The Morgan fingerprint density at radius 1 is 1.16 bits per heavy atom. The molecule has 0 saturated heterocycles. The Labute approximate surface area is 113 Å². The molecule has 0 spiro atoms. The van der Waals surface area contributed by atoms with E-state index in [9.17, 15) is 0 Å². The maximum Gasteiger partial charge on any atom is 0.222 e. The summed E-state index contributed by atoms with van der Waals surface area (Å²) in [6.45, 7) is 5.05. The predicted molar refractivity (Wildman–Crippen MR) is 74.6 cm³/mol. The summed E-state index contributed by atoms with van der Waals surface area (Å²) in [5, 5.41) is 0. The van der Waals surface area contributed by atoms with Crippen LogP contribution in [0.15, 0.2) is 36.5 Å². The van der Waals surface area contributed by atoms with Gasteiger partial charge in [-0.25, -0.2) is 4.98 Å². The van der Waals surface area contributed by atoms with Gasteiger partial charge in [0.15, 0.2) is 0 Å². The highest BCUT2D eigenvalue weighted by atomic mass is 16.5. The molecule has 0 atom stereocenters. The molecule has 2 N–H and O–H groups in total. The minimum Gasteiger partial charge on any atom is -0.494 e. The summed E-state index contributed by atoms with van der Waals surface area (Å²) >= 11 is 0. The van der Waals surface area contributed by atoms with Gasteiger partial charge in [-0.1, -0.05) is 0 Å². The van der Waals surface area contributed by atoms with Crippen LogP contribution in [0.25, 0.3) is 0 Å². The number of nitrogens with two attached hydrogens (primary N) is 1. The molecule has 0 fully saturated rings. The summed E-state index contributed by atoms with van der Waals surface area (Å²) in [5.74, 6) is 2.17. The van der Waals surface area contributed by atoms with Gasteiger partial charge >= 0.3 is 0 Å². The average molecular weight is 258 g/mol. The molecular weight excluding hydrogens is 240 g/mol. The predicted octanol–water partition coefficient (Wildman–Crippen LogP) is 3.04. The van der Waals surface area contributed by atoms with Gasteiger partial charge in [0, 0.05) is 18.3 Å². The molecule has 0 saturated carbocycles. The molecule has 0 aliphatic rings. The lowest BCUT2D eigenvalue weighted by Gasteiger charge is -2.09. The molecule has 19 heavy (non-hydrogen) atoms. The molecule has 4 heteroatoms. The van der Waals surface area contributed by atoms with Crippen LogP contribution in [-0.2, 0) is 6.54 Å². The smallest absolute Gasteiger partial charge is 0.222 e. The molecule has 1 aromatic heterocycles. The van der Waals surface area contributed by atoms with Crippen LogP contribution in [0.2, 0.25) is 0 Å². The molecule has 4 nitrogen and oxygen atoms in total. The van der Waals surface area contributed by atoms with E-state index in [0.717, 1.165) is 22.6 Å². The quantitative estimate of drug-likeness (QED) is 0.895. The van der Waals surface area contributed by atoms with Crippen molar-refractivity contribution in [1.29, 1.82) is 0 Å². The third kappa shape index (κ3) is 3.45. The zero-order chi connectivity index (χ0) is 13.7. The first kappa shape index (κ1) is 13.4. The average Bonchev–Trinajstić information content (AvgIpc) is 2.43. The number of pyridine rings is 1. The molecule has 0 amide bonds. The molecular formula is C15H18N2O2. The van der Waals surface area contributed by atoms with Crippen LogP contribution >= 0.6 is 0 Å². The second kappa shape index (κ2) is 6.20. The van der Waals surface area contributed by atoms with Crippen LogP contribution in [-0.4, -0.2) is 11.6 Å². The van der Waals surface area contributed by atoms with Crippen LogP contribution in [0.1, 0.15) is 18.1 Å². The van der Waals surface area contributed by atoms with Crippen molar-refractivity contribution in [2.75, 3.05) is 6.61 Å². The van der Waals surface area contributed by atoms with Crippen LogP contribution in [0.3, 0.4) is 0 Å². The Hall–Kier alpha value is -2.07. The van der Waals surface area contributed by atoms with Gasteiger partial charge in [0.2, 0.25) is 5.88 Å². The third-order valence-electron chi connectivity index (χ3n) is 2.67. The Kier molecular flexibility index (Phi) is 4.36. The van der Waals surface area contributed by atoms with Crippen LogP contribution in [0.5, 0.6) is 17.4 Å². The number of aryl methyl sites for hydroxylation is 1. The highest BCUT2D eigenvalue weighted by molar-refractivity contribution is 5.36. The number of ether oxygens (including phenoxy) is 2. The Morgan fingerprint density at radius 2 is 1.84 bits per heavy atom. The van der Waals surface area contributed by atoms with Crippen LogP contribution in [0.4, 0.5) is 0 Å². The van der Waals surface area contributed by atoms with E-state index < -0.39 is 0 Å². The number of rotatable bonds is 5. The first-order chi connectivity index (χ1) is 9.22. The lowest BCUT2D eigenvalue weighted by molar-refractivity contribution is 0.339. The van der Waals surface area contributed by atoms with Crippen molar-refractivity contribution in [2.24, 2.45) is 5.73 Å². The maximum absolute atomic E-state index is 5.73. The summed E-state index contributed by atoms with van der Waals surface area (Å²) < 4.78 is 11.1. The highest BCUT2D eigenvalue weighted by Crippen LogP contribution is 2.25. The lowest BCUT2D eigenvalue weighted by Crippen LogP contribution is -1.99. The lowest BCUT2D eigenvalue weighted by atomic mass is 10.2. The Bertz CT molecular complexity index is 538. The fourth-order valence-corrected chi connectivity index (χ4v) is 1.72. The van der Waals surface area contributed by atoms with E-state index in [2.05, 4.69) is 4.98 Å². The topological polar surface area (TPSA) is 57.4 Å². The largest absolute Gasteiger partial charge is 0.494 e. The van der Waals surface area contributed by atoms with Gasteiger partial charge < -0.3 is 15.2 Å². The van der Waals surface area contributed by atoms with Gasteiger partial charge in [0.25, 0.3) is 0 Å². The standard InChI is InChI=1S/C15H18N2O2/c1-3-18-13-4-6-14(7-5-13)19-15-11(2)8-12(9-16)10-17-15/h4-8,10H,3,9,16H2,1-2H3. The zero-order valence-corrected chi connectivity index (χ0v) is 11.2. The van der Waals surface area contributed by atoms with Crippen LogP contribution < -0.4 is 15.2 Å². The second-order valence-electron chi connectivity index (χ2n) is 4.18. The molecule has 1 aromatic carbocycles.